The van der Waals surface area contributed by atoms with Crippen molar-refractivity contribution >= 4 is 23.6 Å². The number of piperazine rings is 1. The fraction of sp³-hybridized carbons (Fsp3) is 0.320. The Kier molecular flexibility index (Phi) is 6.65. The maximum atomic E-state index is 12.7. The van der Waals surface area contributed by atoms with Crippen molar-refractivity contribution < 1.29 is 9.59 Å². The number of rotatable bonds is 5. The largest absolute Gasteiger partial charge is 0.339 e. The Bertz CT molecular complexity index is 1030. The number of aryl methyl sites for hydroxylation is 2. The molecule has 1 saturated heterocycles. The summed E-state index contributed by atoms with van der Waals surface area (Å²) in [5.74, 6) is 0.451. The van der Waals surface area contributed by atoms with E-state index in [1.165, 1.54) is 22.9 Å². The van der Waals surface area contributed by atoms with Gasteiger partial charge in [-0.2, -0.15) is 0 Å². The Morgan fingerprint density at radius 3 is 1.97 bits per heavy atom. The van der Waals surface area contributed by atoms with Crippen molar-refractivity contribution in [1.82, 2.24) is 19.8 Å². The van der Waals surface area contributed by atoms with Crippen LogP contribution >= 0.6 is 11.8 Å². The standard InChI is InChI=1S/C25H28N4O2S/c1-17-4-8-20(9-5-17)23-24(21-10-6-18(2)7-11-21)27-25(26-23)32-16-22(31)29-14-12-28(13-15-29)19(3)30/h4-11H,12-16H2,1-3H3,(H,26,27). The van der Waals surface area contributed by atoms with Crippen LogP contribution in [0.1, 0.15) is 18.1 Å². The molecule has 0 atom stereocenters. The van der Waals surface area contributed by atoms with Gasteiger partial charge >= 0.3 is 0 Å². The number of nitrogens with zero attached hydrogens (tertiary/aromatic N) is 3. The number of imidazole rings is 1. The van der Waals surface area contributed by atoms with Crippen LogP contribution < -0.4 is 0 Å². The molecule has 2 aromatic carbocycles. The minimum Gasteiger partial charge on any atom is -0.339 e. The molecule has 1 N–H and O–H groups in total. The Morgan fingerprint density at radius 2 is 1.41 bits per heavy atom. The van der Waals surface area contributed by atoms with Gasteiger partial charge in [-0.05, 0) is 13.8 Å². The van der Waals surface area contributed by atoms with Crippen LogP contribution in [-0.2, 0) is 9.59 Å². The van der Waals surface area contributed by atoms with Crippen LogP contribution in [0.25, 0.3) is 22.5 Å². The van der Waals surface area contributed by atoms with Crippen molar-refractivity contribution in [3.05, 3.63) is 59.7 Å². The van der Waals surface area contributed by atoms with Gasteiger partial charge in [-0.15, -0.1) is 0 Å². The molecule has 4 rings (SSSR count). The van der Waals surface area contributed by atoms with Crippen molar-refractivity contribution in [3.8, 4) is 22.5 Å². The number of hydrogen-bond donors (Lipinski definition) is 1. The Balaban J connectivity index is 1.51. The van der Waals surface area contributed by atoms with Crippen molar-refractivity contribution in [2.24, 2.45) is 0 Å². The third-order valence-corrected chi connectivity index (χ3v) is 6.62. The average Bonchev–Trinajstić information content (AvgIpc) is 3.23. The van der Waals surface area contributed by atoms with E-state index >= 15 is 0 Å². The Labute approximate surface area is 193 Å². The molecule has 0 aliphatic carbocycles. The molecule has 0 radical (unpaired) electrons. The van der Waals surface area contributed by atoms with Gasteiger partial charge in [0.2, 0.25) is 11.8 Å². The van der Waals surface area contributed by atoms with Gasteiger partial charge in [0.25, 0.3) is 0 Å². The maximum Gasteiger partial charge on any atom is 0.233 e. The van der Waals surface area contributed by atoms with Crippen molar-refractivity contribution in [2.45, 2.75) is 25.9 Å². The second-order valence-corrected chi connectivity index (χ2v) is 9.14. The molecule has 1 aliphatic rings. The van der Waals surface area contributed by atoms with Crippen molar-refractivity contribution in [3.63, 3.8) is 0 Å². The van der Waals surface area contributed by atoms with Crippen molar-refractivity contribution in [1.29, 1.82) is 0 Å². The van der Waals surface area contributed by atoms with Crippen LogP contribution in [0.5, 0.6) is 0 Å². The predicted octanol–water partition coefficient (Wildman–Crippen LogP) is 4.14. The van der Waals surface area contributed by atoms with Gasteiger partial charge in [0.1, 0.15) is 0 Å². The number of aromatic nitrogens is 2. The van der Waals surface area contributed by atoms with E-state index < -0.39 is 0 Å². The highest BCUT2D eigenvalue weighted by atomic mass is 32.2. The highest BCUT2D eigenvalue weighted by Crippen LogP contribution is 2.33. The van der Waals surface area contributed by atoms with E-state index in [0.29, 0.717) is 31.9 Å². The minimum absolute atomic E-state index is 0.0642. The van der Waals surface area contributed by atoms with Crippen LogP contribution in [0.4, 0.5) is 0 Å². The average molecular weight is 449 g/mol. The molecule has 0 spiro atoms. The molecule has 0 saturated carbocycles. The van der Waals surface area contributed by atoms with Crippen LogP contribution in [0, 0.1) is 13.8 Å². The SMILES string of the molecule is CC(=O)N1CCN(C(=O)CSc2nc(-c3ccc(C)cc3)c(-c3ccc(C)cc3)[nH]2)CC1. The third kappa shape index (κ3) is 5.05. The van der Waals surface area contributed by atoms with Gasteiger partial charge < -0.3 is 14.8 Å². The molecule has 2 amide bonds. The number of carbonyl (C=O) groups excluding carboxylic acids is 2. The molecule has 0 bridgehead atoms. The quantitative estimate of drug-likeness (QED) is 0.596. The highest BCUT2D eigenvalue weighted by molar-refractivity contribution is 7.99. The topological polar surface area (TPSA) is 69.3 Å². The number of hydrogen-bond acceptors (Lipinski definition) is 4. The summed E-state index contributed by atoms with van der Waals surface area (Å²) in [6, 6.07) is 16.7. The number of nitrogens with one attached hydrogen (secondary N) is 1. The number of aromatic amines is 1. The zero-order valence-electron chi connectivity index (χ0n) is 18.7. The van der Waals surface area contributed by atoms with E-state index in [-0.39, 0.29) is 11.8 Å². The van der Waals surface area contributed by atoms with Crippen LogP contribution in [-0.4, -0.2) is 63.5 Å². The number of H-pyrrole nitrogens is 1. The van der Waals surface area contributed by atoms with E-state index in [4.69, 9.17) is 4.98 Å². The molecule has 7 heteroatoms. The maximum absolute atomic E-state index is 12.7. The zero-order chi connectivity index (χ0) is 22.7. The molecule has 1 fully saturated rings. The van der Waals surface area contributed by atoms with Gasteiger partial charge in [-0.3, -0.25) is 9.59 Å². The summed E-state index contributed by atoms with van der Waals surface area (Å²) in [6.07, 6.45) is 0. The summed E-state index contributed by atoms with van der Waals surface area (Å²) in [7, 11) is 0. The fourth-order valence-corrected chi connectivity index (χ4v) is 4.53. The Hall–Kier alpha value is -3.06. The summed E-state index contributed by atoms with van der Waals surface area (Å²) in [5, 5.41) is 0.729. The number of carbonyl (C=O) groups is 2. The molecule has 1 aliphatic heterocycles. The molecule has 6 nitrogen and oxygen atoms in total. The zero-order valence-corrected chi connectivity index (χ0v) is 19.5. The van der Waals surface area contributed by atoms with Gasteiger partial charge in [-0.25, -0.2) is 4.98 Å². The van der Waals surface area contributed by atoms with Gasteiger partial charge in [0, 0.05) is 44.2 Å². The van der Waals surface area contributed by atoms with E-state index in [9.17, 15) is 9.59 Å². The fourth-order valence-electron chi connectivity index (χ4n) is 3.76. The normalized spacial score (nSPS) is 14.0. The lowest BCUT2D eigenvalue weighted by Crippen LogP contribution is -2.50. The molecule has 0 unspecified atom stereocenters. The molecule has 2 heterocycles. The number of benzene rings is 2. The second kappa shape index (κ2) is 9.61. The molecule has 32 heavy (non-hydrogen) atoms. The molecule has 166 valence electrons. The minimum atomic E-state index is 0.0642. The van der Waals surface area contributed by atoms with E-state index in [0.717, 1.165) is 27.7 Å². The lowest BCUT2D eigenvalue weighted by Gasteiger charge is -2.34. The second-order valence-electron chi connectivity index (χ2n) is 8.17. The van der Waals surface area contributed by atoms with E-state index in [2.05, 4.69) is 67.4 Å². The summed E-state index contributed by atoms with van der Waals surface area (Å²) in [4.78, 5) is 36.1. The molecular weight excluding hydrogens is 420 g/mol. The van der Waals surface area contributed by atoms with Gasteiger partial charge in [-0.1, -0.05) is 71.4 Å². The third-order valence-electron chi connectivity index (χ3n) is 5.76. The first-order valence-corrected chi connectivity index (χ1v) is 11.8. The summed E-state index contributed by atoms with van der Waals surface area (Å²) >= 11 is 1.42. The summed E-state index contributed by atoms with van der Waals surface area (Å²) < 4.78 is 0. The number of amides is 2. The Morgan fingerprint density at radius 1 is 0.875 bits per heavy atom. The van der Waals surface area contributed by atoms with Gasteiger partial charge in [0.15, 0.2) is 5.16 Å². The monoisotopic (exact) mass is 448 g/mol. The van der Waals surface area contributed by atoms with E-state index in [1.54, 1.807) is 11.8 Å². The lowest BCUT2D eigenvalue weighted by molar-refractivity contribution is -0.136. The van der Waals surface area contributed by atoms with Gasteiger partial charge in [0.05, 0.1) is 17.1 Å². The number of thioether (sulfide) groups is 1. The lowest BCUT2D eigenvalue weighted by atomic mass is 10.0. The smallest absolute Gasteiger partial charge is 0.233 e. The summed E-state index contributed by atoms with van der Waals surface area (Å²) in [5.41, 5.74) is 6.36. The molecular formula is C25H28N4O2S. The van der Waals surface area contributed by atoms with E-state index in [1.807, 2.05) is 4.90 Å². The van der Waals surface area contributed by atoms with Crippen molar-refractivity contribution in [2.75, 3.05) is 31.9 Å². The first-order valence-electron chi connectivity index (χ1n) is 10.8. The van der Waals surface area contributed by atoms with Crippen LogP contribution in [0.15, 0.2) is 53.7 Å². The first-order chi connectivity index (χ1) is 15.4. The predicted molar refractivity (Wildman–Crippen MR) is 128 cm³/mol. The van der Waals surface area contributed by atoms with Crippen LogP contribution in [0.2, 0.25) is 0 Å². The highest BCUT2D eigenvalue weighted by Gasteiger charge is 2.23. The first kappa shape index (κ1) is 22.1. The summed E-state index contributed by atoms with van der Waals surface area (Å²) in [6.45, 7) is 8.07. The van der Waals surface area contributed by atoms with Crippen LogP contribution in [0.3, 0.4) is 0 Å². The molecule has 3 aromatic rings. The molecule has 1 aromatic heterocycles.